The topological polar surface area (TPSA) is 91.3 Å². The molecule has 4 rings (SSSR count). The second-order valence-electron chi connectivity index (χ2n) is 8.80. The lowest BCUT2D eigenvalue weighted by Gasteiger charge is -2.35. The molecule has 1 aromatic heterocycles. The summed E-state index contributed by atoms with van der Waals surface area (Å²) in [5, 5.41) is 3.46. The van der Waals surface area contributed by atoms with Crippen molar-refractivity contribution in [3.63, 3.8) is 0 Å². The number of ether oxygens (including phenoxy) is 4. The van der Waals surface area contributed by atoms with E-state index < -0.39 is 17.2 Å². The first-order valence-corrected chi connectivity index (χ1v) is 12.0. The van der Waals surface area contributed by atoms with E-state index in [9.17, 15) is 9.59 Å². The van der Waals surface area contributed by atoms with Crippen LogP contribution in [0, 0.1) is 12.4 Å². The monoisotopic (exact) mass is 490 g/mol. The van der Waals surface area contributed by atoms with Gasteiger partial charge in [-0.15, -0.1) is 0 Å². The summed E-state index contributed by atoms with van der Waals surface area (Å²) in [5.41, 5.74) is 0.153. The Bertz CT molecular complexity index is 1120. The van der Waals surface area contributed by atoms with Crippen molar-refractivity contribution < 1.29 is 28.1 Å². The molecule has 1 aromatic carbocycles. The summed E-state index contributed by atoms with van der Waals surface area (Å²) >= 11 is 0. The van der Waals surface area contributed by atoms with Crippen molar-refractivity contribution in [1.29, 1.82) is 0 Å². The van der Waals surface area contributed by atoms with Gasteiger partial charge in [-0.3, -0.25) is 4.79 Å². The van der Waals surface area contributed by atoms with Crippen LogP contribution >= 0.6 is 0 Å². The molecule has 0 bridgehead atoms. The first-order valence-electron chi connectivity index (χ1n) is 12.0. The number of anilines is 1. The molecule has 1 unspecified atom stereocenters. The minimum Gasteiger partial charge on any atom is -0.492 e. The second kappa shape index (κ2) is 11.4. The number of nitrogens with zero attached hydrogens (tertiary/aromatic N) is 2. The number of esters is 1. The van der Waals surface area contributed by atoms with Gasteiger partial charge >= 0.3 is 5.97 Å². The number of fused-ring (bicyclic) bond motifs is 1. The highest BCUT2D eigenvalue weighted by atomic mass is 19.1. The molecule has 1 radical (unpaired) electrons. The highest BCUT2D eigenvalue weighted by Crippen LogP contribution is 2.43. The molecule has 9 nitrogen and oxygen atoms in total. The molecule has 1 saturated carbocycles. The molecule has 2 heterocycles. The average molecular weight is 491 g/mol. The molecule has 1 N–H and O–H groups in total. The van der Waals surface area contributed by atoms with Gasteiger partial charge in [0.25, 0.3) is 0 Å². The van der Waals surface area contributed by atoms with E-state index in [-0.39, 0.29) is 36.2 Å². The van der Waals surface area contributed by atoms with Gasteiger partial charge < -0.3 is 33.7 Å². The second-order valence-corrected chi connectivity index (χ2v) is 8.80. The number of hydrogen-bond acceptors (Lipinski definition) is 8. The van der Waals surface area contributed by atoms with Crippen molar-refractivity contribution in [2.24, 2.45) is 0 Å². The standard InChI is InChI=1S/C25H33FN3O6/c1-4-33-9-10-34-11-12-35-25(31)19-15-29(17-5-6-17)21-18(23(19)30)13-20(26)22(24(21)32-3)28-8-7-27-16(2)14-28/h4,13,15-17,27H,5-12,14H2,1-3H3. The fourth-order valence-corrected chi connectivity index (χ4v) is 4.45. The molecule has 1 atom stereocenters. The summed E-state index contributed by atoms with van der Waals surface area (Å²) < 4.78 is 38.7. The number of halogens is 1. The number of methoxy groups -OCH3 is 1. The van der Waals surface area contributed by atoms with Crippen molar-refractivity contribution in [2.45, 2.75) is 38.8 Å². The summed E-state index contributed by atoms with van der Waals surface area (Å²) in [7, 11) is 1.48. The van der Waals surface area contributed by atoms with Gasteiger partial charge in [-0.25, -0.2) is 9.18 Å². The highest BCUT2D eigenvalue weighted by Gasteiger charge is 2.32. The average Bonchev–Trinajstić information content (AvgIpc) is 3.68. The maximum absolute atomic E-state index is 15.5. The van der Waals surface area contributed by atoms with Crippen molar-refractivity contribution >= 4 is 22.6 Å². The third-order valence-electron chi connectivity index (χ3n) is 6.22. The summed E-state index contributed by atoms with van der Waals surface area (Å²) in [6.45, 7) is 8.27. The molecule has 1 saturated heterocycles. The number of pyridine rings is 1. The van der Waals surface area contributed by atoms with E-state index >= 15 is 4.39 Å². The van der Waals surface area contributed by atoms with Crippen LogP contribution in [-0.2, 0) is 14.2 Å². The molecule has 10 heteroatoms. The molecule has 35 heavy (non-hydrogen) atoms. The van der Waals surface area contributed by atoms with Crippen LogP contribution in [0.2, 0.25) is 0 Å². The molecule has 191 valence electrons. The Hall–Kier alpha value is -2.69. The van der Waals surface area contributed by atoms with Crippen LogP contribution in [0.1, 0.15) is 43.1 Å². The number of carbonyl (C=O) groups excluding carboxylic acids is 1. The Kier molecular flexibility index (Phi) is 8.25. The van der Waals surface area contributed by atoms with E-state index in [0.717, 1.165) is 19.4 Å². The third kappa shape index (κ3) is 5.60. The number of rotatable bonds is 11. The van der Waals surface area contributed by atoms with E-state index in [2.05, 4.69) is 5.32 Å². The number of hydrogen-bond donors (Lipinski definition) is 1. The first kappa shape index (κ1) is 25.4. The number of aromatic nitrogens is 1. The molecule has 2 aromatic rings. The van der Waals surface area contributed by atoms with E-state index in [1.54, 1.807) is 13.5 Å². The predicted molar refractivity (Wildman–Crippen MR) is 130 cm³/mol. The van der Waals surface area contributed by atoms with Gasteiger partial charge in [-0.05, 0) is 32.8 Å². The lowest BCUT2D eigenvalue weighted by Crippen LogP contribution is -2.49. The summed E-state index contributed by atoms with van der Waals surface area (Å²) in [6.07, 6.45) is 3.33. The van der Waals surface area contributed by atoms with Crippen molar-refractivity contribution in [2.75, 3.05) is 58.1 Å². The van der Waals surface area contributed by atoms with Crippen LogP contribution in [0.4, 0.5) is 10.1 Å². The van der Waals surface area contributed by atoms with Gasteiger partial charge in [-0.1, -0.05) is 0 Å². The molecule has 1 aliphatic heterocycles. The SMILES string of the molecule is C[CH]OCCOCCOC(=O)c1cn(C2CC2)c2c(OC)c(N3CCNC(C)C3)c(F)cc2c1=O. The zero-order chi connectivity index (χ0) is 24.9. The Morgan fingerprint density at radius 1 is 1.26 bits per heavy atom. The van der Waals surface area contributed by atoms with E-state index in [1.807, 2.05) is 16.4 Å². The molecule has 1 aliphatic carbocycles. The van der Waals surface area contributed by atoms with Gasteiger partial charge in [0, 0.05) is 37.9 Å². The van der Waals surface area contributed by atoms with Gasteiger partial charge in [0.2, 0.25) is 5.43 Å². The van der Waals surface area contributed by atoms with Gasteiger partial charge in [-0.2, -0.15) is 0 Å². The molecule has 2 fully saturated rings. The van der Waals surface area contributed by atoms with Gasteiger partial charge in [0.05, 0.1) is 44.4 Å². The maximum Gasteiger partial charge on any atom is 0.343 e. The smallest absolute Gasteiger partial charge is 0.343 e. The minimum absolute atomic E-state index is 0.00657. The van der Waals surface area contributed by atoms with Crippen molar-refractivity contribution in [1.82, 2.24) is 9.88 Å². The van der Waals surface area contributed by atoms with Gasteiger partial charge in [0.1, 0.15) is 17.9 Å². The number of piperazine rings is 1. The maximum atomic E-state index is 15.5. The van der Waals surface area contributed by atoms with Gasteiger partial charge in [0.15, 0.2) is 11.6 Å². The zero-order valence-corrected chi connectivity index (χ0v) is 20.5. The van der Waals surface area contributed by atoms with Crippen LogP contribution < -0.4 is 20.4 Å². The molecule has 0 spiro atoms. The molecular weight excluding hydrogens is 457 g/mol. The quantitative estimate of drug-likeness (QED) is 0.380. The Morgan fingerprint density at radius 2 is 2.03 bits per heavy atom. The van der Waals surface area contributed by atoms with Crippen LogP contribution in [0.25, 0.3) is 10.9 Å². The minimum atomic E-state index is -0.757. The molecular formula is C25H33FN3O6. The van der Waals surface area contributed by atoms with Crippen LogP contribution in [0.5, 0.6) is 5.75 Å². The van der Waals surface area contributed by atoms with Crippen LogP contribution in [0.15, 0.2) is 17.1 Å². The van der Waals surface area contributed by atoms with Crippen molar-refractivity contribution in [3.05, 3.63) is 40.5 Å². The Balaban J connectivity index is 1.66. The fraction of sp³-hybridized carbons (Fsp3) is 0.560. The fourth-order valence-electron chi connectivity index (χ4n) is 4.45. The van der Waals surface area contributed by atoms with E-state index in [4.69, 9.17) is 18.9 Å². The first-order chi connectivity index (χ1) is 17.0. The van der Waals surface area contributed by atoms with Crippen LogP contribution in [0.3, 0.4) is 0 Å². The number of nitrogens with one attached hydrogen (secondary N) is 1. The largest absolute Gasteiger partial charge is 0.492 e. The number of carbonyl (C=O) groups is 1. The summed E-state index contributed by atoms with van der Waals surface area (Å²) in [5.74, 6) is -0.987. The number of benzene rings is 1. The molecule has 0 amide bonds. The van der Waals surface area contributed by atoms with E-state index in [1.165, 1.54) is 19.4 Å². The zero-order valence-electron chi connectivity index (χ0n) is 20.5. The predicted octanol–water partition coefficient (Wildman–Crippen LogP) is 2.65. The Morgan fingerprint density at radius 3 is 2.71 bits per heavy atom. The Labute approximate surface area is 204 Å². The highest BCUT2D eigenvalue weighted by molar-refractivity contribution is 5.97. The normalized spacial score (nSPS) is 18.2. The van der Waals surface area contributed by atoms with Crippen LogP contribution in [-0.4, -0.2) is 69.7 Å². The summed E-state index contributed by atoms with van der Waals surface area (Å²) in [4.78, 5) is 28.0. The lowest BCUT2D eigenvalue weighted by atomic mass is 10.1. The van der Waals surface area contributed by atoms with E-state index in [0.29, 0.717) is 43.3 Å². The summed E-state index contributed by atoms with van der Waals surface area (Å²) in [6, 6.07) is 1.52. The lowest BCUT2D eigenvalue weighted by molar-refractivity contribution is 0.0219. The van der Waals surface area contributed by atoms with Crippen molar-refractivity contribution in [3.8, 4) is 5.75 Å². The molecule has 2 aliphatic rings. The third-order valence-corrected chi connectivity index (χ3v) is 6.22.